The van der Waals surface area contributed by atoms with Crippen molar-refractivity contribution in [3.05, 3.63) is 0 Å². The molecule has 1 saturated carbocycles. The molecule has 1 rings (SSSR count). The third-order valence-corrected chi connectivity index (χ3v) is 4.07. The van der Waals surface area contributed by atoms with Gasteiger partial charge in [0.15, 0.2) is 0 Å². The van der Waals surface area contributed by atoms with Crippen LogP contribution in [0.3, 0.4) is 0 Å². The number of hydrogen-bond acceptors (Lipinski definition) is 4. The molecule has 2 atom stereocenters. The molecule has 0 spiro atoms. The molecule has 0 aliphatic heterocycles. The lowest BCUT2D eigenvalue weighted by atomic mass is 9.85. The molecule has 1 aliphatic carbocycles. The standard InChI is InChI=1S/C17H31N3O4/c1-10(2)8-11(15(18)22)9-13(21)20(24)14(17(3,4)5)16(23)19-12-6-7-12/h10-12,14,24H,6-9H2,1-5H3,(H2,18,22)(H,19,23)/t11-,14?/m1/s1. The third kappa shape index (κ3) is 6.11. The van der Waals surface area contributed by atoms with Gasteiger partial charge in [-0.2, -0.15) is 0 Å². The molecule has 24 heavy (non-hydrogen) atoms. The maximum absolute atomic E-state index is 12.4. The molecule has 1 aliphatic rings. The van der Waals surface area contributed by atoms with Gasteiger partial charge in [-0.15, -0.1) is 0 Å². The molecule has 138 valence electrons. The minimum absolute atomic E-state index is 0.130. The topological polar surface area (TPSA) is 113 Å². The minimum Gasteiger partial charge on any atom is -0.369 e. The van der Waals surface area contributed by atoms with Crippen molar-refractivity contribution in [2.75, 3.05) is 0 Å². The number of nitrogens with one attached hydrogen (secondary N) is 1. The van der Waals surface area contributed by atoms with Crippen LogP contribution in [0.25, 0.3) is 0 Å². The van der Waals surface area contributed by atoms with Gasteiger partial charge in [0, 0.05) is 18.4 Å². The van der Waals surface area contributed by atoms with Crippen LogP contribution in [0.5, 0.6) is 0 Å². The van der Waals surface area contributed by atoms with Crippen molar-refractivity contribution < 1.29 is 19.6 Å². The SMILES string of the molecule is CC(C)C[C@H](CC(=O)N(O)C(C(=O)NC1CC1)C(C)(C)C)C(N)=O. The predicted octanol–water partition coefficient (Wildman–Crippen LogP) is 1.44. The normalized spacial score (nSPS) is 17.3. The van der Waals surface area contributed by atoms with Gasteiger partial charge < -0.3 is 11.1 Å². The van der Waals surface area contributed by atoms with Gasteiger partial charge in [-0.3, -0.25) is 19.6 Å². The molecule has 0 heterocycles. The van der Waals surface area contributed by atoms with Crippen LogP contribution in [-0.4, -0.2) is 40.1 Å². The molecule has 1 unspecified atom stereocenters. The van der Waals surface area contributed by atoms with Gasteiger partial charge in [-0.25, -0.2) is 5.06 Å². The fraction of sp³-hybridized carbons (Fsp3) is 0.824. The molecule has 0 bridgehead atoms. The predicted molar refractivity (Wildman–Crippen MR) is 89.8 cm³/mol. The van der Waals surface area contributed by atoms with Crippen molar-refractivity contribution in [1.82, 2.24) is 10.4 Å². The number of amides is 3. The number of nitrogens with two attached hydrogens (primary N) is 1. The van der Waals surface area contributed by atoms with Crippen molar-refractivity contribution in [3.63, 3.8) is 0 Å². The zero-order valence-corrected chi connectivity index (χ0v) is 15.3. The molecule has 0 saturated heterocycles. The molecule has 7 heteroatoms. The van der Waals surface area contributed by atoms with Crippen LogP contribution < -0.4 is 11.1 Å². The summed E-state index contributed by atoms with van der Waals surface area (Å²) >= 11 is 0. The highest BCUT2D eigenvalue weighted by atomic mass is 16.5. The number of hydrogen-bond donors (Lipinski definition) is 3. The van der Waals surface area contributed by atoms with Gasteiger partial charge in [-0.05, 0) is 30.6 Å². The van der Waals surface area contributed by atoms with E-state index < -0.39 is 29.2 Å². The fourth-order valence-electron chi connectivity index (χ4n) is 2.70. The first kappa shape index (κ1) is 20.4. The quantitative estimate of drug-likeness (QED) is 0.458. The summed E-state index contributed by atoms with van der Waals surface area (Å²) in [7, 11) is 0. The number of carbonyl (C=O) groups excluding carboxylic acids is 3. The lowest BCUT2D eigenvalue weighted by Gasteiger charge is -2.35. The van der Waals surface area contributed by atoms with Crippen LogP contribution in [0.1, 0.15) is 60.3 Å². The van der Waals surface area contributed by atoms with E-state index in [1.165, 1.54) is 0 Å². The first-order valence-corrected chi connectivity index (χ1v) is 8.54. The highest BCUT2D eigenvalue weighted by Gasteiger charge is 2.41. The highest BCUT2D eigenvalue weighted by molar-refractivity contribution is 5.90. The Morgan fingerprint density at radius 3 is 2.17 bits per heavy atom. The van der Waals surface area contributed by atoms with E-state index in [0.29, 0.717) is 11.5 Å². The van der Waals surface area contributed by atoms with Crippen LogP contribution in [-0.2, 0) is 14.4 Å². The smallest absolute Gasteiger partial charge is 0.247 e. The first-order chi connectivity index (χ1) is 10.9. The van der Waals surface area contributed by atoms with E-state index in [9.17, 15) is 19.6 Å². The summed E-state index contributed by atoms with van der Waals surface area (Å²) in [5, 5.41) is 13.7. The summed E-state index contributed by atoms with van der Waals surface area (Å²) in [6.07, 6.45) is 2.09. The Bertz CT molecular complexity index is 481. The second-order valence-electron chi connectivity index (χ2n) is 8.22. The van der Waals surface area contributed by atoms with Crippen LogP contribution in [0.4, 0.5) is 0 Å². The van der Waals surface area contributed by atoms with Crippen molar-refractivity contribution >= 4 is 17.7 Å². The largest absolute Gasteiger partial charge is 0.369 e. The van der Waals surface area contributed by atoms with E-state index in [-0.39, 0.29) is 24.3 Å². The second-order valence-corrected chi connectivity index (χ2v) is 8.22. The van der Waals surface area contributed by atoms with Gasteiger partial charge in [-0.1, -0.05) is 34.6 Å². The molecular formula is C17H31N3O4. The summed E-state index contributed by atoms with van der Waals surface area (Å²) in [6.45, 7) is 9.19. The molecule has 0 radical (unpaired) electrons. The monoisotopic (exact) mass is 341 g/mol. The van der Waals surface area contributed by atoms with Crippen molar-refractivity contribution in [2.24, 2.45) is 23.0 Å². The Labute approximate surface area is 143 Å². The summed E-state index contributed by atoms with van der Waals surface area (Å²) in [5.74, 6) is -2.07. The Morgan fingerprint density at radius 2 is 1.79 bits per heavy atom. The molecule has 0 aromatic carbocycles. The van der Waals surface area contributed by atoms with E-state index in [1.54, 1.807) is 20.8 Å². The van der Waals surface area contributed by atoms with Gasteiger partial charge in [0.05, 0.1) is 0 Å². The van der Waals surface area contributed by atoms with Crippen LogP contribution in [0.2, 0.25) is 0 Å². The molecular weight excluding hydrogens is 310 g/mol. The average molecular weight is 341 g/mol. The van der Waals surface area contributed by atoms with Crippen LogP contribution in [0.15, 0.2) is 0 Å². The number of hydroxylamine groups is 2. The van der Waals surface area contributed by atoms with Crippen LogP contribution in [0, 0.1) is 17.3 Å². The van der Waals surface area contributed by atoms with E-state index >= 15 is 0 Å². The molecule has 7 nitrogen and oxygen atoms in total. The maximum atomic E-state index is 12.4. The summed E-state index contributed by atoms with van der Waals surface area (Å²) in [5.41, 5.74) is 4.71. The van der Waals surface area contributed by atoms with Gasteiger partial charge >= 0.3 is 0 Å². The molecule has 1 fully saturated rings. The average Bonchev–Trinajstić information content (AvgIpc) is 3.19. The maximum Gasteiger partial charge on any atom is 0.247 e. The van der Waals surface area contributed by atoms with Gasteiger partial charge in [0.2, 0.25) is 17.7 Å². The number of rotatable bonds is 8. The lowest BCUT2D eigenvalue weighted by molar-refractivity contribution is -0.190. The van der Waals surface area contributed by atoms with Crippen molar-refractivity contribution in [1.29, 1.82) is 0 Å². The molecule has 0 aromatic rings. The minimum atomic E-state index is -1.02. The third-order valence-electron chi connectivity index (χ3n) is 4.07. The fourth-order valence-corrected chi connectivity index (χ4v) is 2.70. The Hall–Kier alpha value is -1.63. The summed E-state index contributed by atoms with van der Waals surface area (Å²) < 4.78 is 0. The van der Waals surface area contributed by atoms with Crippen molar-refractivity contribution in [2.45, 2.75) is 72.4 Å². The molecule has 0 aromatic heterocycles. The van der Waals surface area contributed by atoms with E-state index in [1.807, 2.05) is 13.8 Å². The lowest BCUT2D eigenvalue weighted by Crippen LogP contribution is -2.55. The van der Waals surface area contributed by atoms with E-state index in [2.05, 4.69) is 5.32 Å². The number of primary amides is 1. The molecule has 4 N–H and O–H groups in total. The zero-order valence-electron chi connectivity index (χ0n) is 15.3. The van der Waals surface area contributed by atoms with Gasteiger partial charge in [0.25, 0.3) is 0 Å². The van der Waals surface area contributed by atoms with Gasteiger partial charge in [0.1, 0.15) is 6.04 Å². The number of carbonyl (C=O) groups is 3. The Kier molecular flexibility index (Phi) is 6.77. The summed E-state index contributed by atoms with van der Waals surface area (Å²) in [6, 6.07) is -0.886. The molecule has 3 amide bonds. The van der Waals surface area contributed by atoms with Crippen LogP contribution >= 0.6 is 0 Å². The van der Waals surface area contributed by atoms with E-state index in [0.717, 1.165) is 12.8 Å². The first-order valence-electron chi connectivity index (χ1n) is 8.54. The zero-order chi connectivity index (χ0) is 18.7. The van der Waals surface area contributed by atoms with E-state index in [4.69, 9.17) is 5.73 Å². The Balaban J connectivity index is 2.83. The van der Waals surface area contributed by atoms with Crippen molar-refractivity contribution in [3.8, 4) is 0 Å². The summed E-state index contributed by atoms with van der Waals surface area (Å²) in [4.78, 5) is 36.4. The Morgan fingerprint density at radius 1 is 1.25 bits per heavy atom. The number of nitrogens with zero attached hydrogens (tertiary/aromatic N) is 1. The second kappa shape index (κ2) is 7.96. The highest BCUT2D eigenvalue weighted by Crippen LogP contribution is 2.27.